The fourth-order valence-electron chi connectivity index (χ4n) is 6.35. The molecule has 0 bridgehead atoms. The van der Waals surface area contributed by atoms with Crippen LogP contribution >= 0.6 is 11.6 Å². The molecule has 6 rings (SSSR count). The maximum Gasteiger partial charge on any atom is 0.323 e. The summed E-state index contributed by atoms with van der Waals surface area (Å²) in [6, 6.07) is 18.9. The number of benzene rings is 3. The van der Waals surface area contributed by atoms with Crippen molar-refractivity contribution < 1.29 is 33.3 Å². The van der Waals surface area contributed by atoms with Crippen molar-refractivity contribution in [3.8, 4) is 40.2 Å². The lowest BCUT2D eigenvalue weighted by atomic mass is 9.96. The molecule has 1 aromatic heterocycles. The molecule has 2 aliphatic rings. The summed E-state index contributed by atoms with van der Waals surface area (Å²) >= 11 is 6.85. The standard InChI is InChI=1S/C39H38ClN3O7/c1-25-29(6-5-7-32(25)28-9-10-35-38(16-28)50-31(11-13-44)24-49-35)23-48-37-17-36(47-22-27-14-26(18-41)19-42-20-27)30(15-33(37)40)21-43-12-4-3-8-34(43)39(45)46-2/h5-7,9-10,13-17,19-20,31,34H,3-4,8,11-12,21-24H2,1-2H3/t31?,34-/m0/s1. The number of carbonyl (C=O) groups is 2. The Labute approximate surface area is 296 Å². The van der Waals surface area contributed by atoms with E-state index < -0.39 is 0 Å². The molecule has 0 amide bonds. The molecule has 2 atom stereocenters. The summed E-state index contributed by atoms with van der Waals surface area (Å²) in [5.74, 6) is 2.00. The number of rotatable bonds is 12. The first-order chi connectivity index (χ1) is 24.4. The molecular weight excluding hydrogens is 658 g/mol. The minimum absolute atomic E-state index is 0.170. The molecule has 3 heterocycles. The van der Waals surface area contributed by atoms with E-state index in [2.05, 4.69) is 16.0 Å². The molecule has 0 aliphatic carbocycles. The van der Waals surface area contributed by atoms with Crippen molar-refractivity contribution in [2.75, 3.05) is 20.3 Å². The highest BCUT2D eigenvalue weighted by Gasteiger charge is 2.30. The van der Waals surface area contributed by atoms with Crippen molar-refractivity contribution in [3.05, 3.63) is 99.8 Å². The van der Waals surface area contributed by atoms with Crippen LogP contribution in [0.25, 0.3) is 11.1 Å². The van der Waals surface area contributed by atoms with Gasteiger partial charge in [0.1, 0.15) is 55.8 Å². The number of piperidine rings is 1. The van der Waals surface area contributed by atoms with Gasteiger partial charge in [0.05, 0.1) is 17.7 Å². The van der Waals surface area contributed by atoms with Crippen LogP contribution in [-0.4, -0.2) is 54.5 Å². The summed E-state index contributed by atoms with van der Waals surface area (Å²) in [6.45, 7) is 3.96. The molecule has 1 fully saturated rings. The maximum absolute atomic E-state index is 12.6. The Morgan fingerprint density at radius 2 is 1.92 bits per heavy atom. The van der Waals surface area contributed by atoms with E-state index in [0.717, 1.165) is 65.5 Å². The molecule has 4 aromatic rings. The number of nitriles is 1. The fraction of sp³-hybridized carbons (Fsp3) is 0.333. The number of aldehydes is 1. The molecule has 10 nitrogen and oxygen atoms in total. The van der Waals surface area contributed by atoms with Crippen LogP contribution in [0.15, 0.2) is 67.0 Å². The number of aromatic nitrogens is 1. The van der Waals surface area contributed by atoms with E-state index >= 15 is 0 Å². The molecule has 1 unspecified atom stereocenters. The first kappa shape index (κ1) is 34.7. The second-order valence-corrected chi connectivity index (χ2v) is 12.8. The average molecular weight is 696 g/mol. The van der Waals surface area contributed by atoms with Crippen LogP contribution < -0.4 is 18.9 Å². The van der Waals surface area contributed by atoms with Gasteiger partial charge in [-0.05, 0) is 72.8 Å². The van der Waals surface area contributed by atoms with Crippen molar-refractivity contribution in [1.82, 2.24) is 9.88 Å². The Hall–Kier alpha value is -5.11. The van der Waals surface area contributed by atoms with Crippen molar-refractivity contribution >= 4 is 23.9 Å². The molecule has 2 aliphatic heterocycles. The Morgan fingerprint density at radius 3 is 2.74 bits per heavy atom. The normalized spacial score (nSPS) is 17.0. The van der Waals surface area contributed by atoms with Gasteiger partial charge in [-0.15, -0.1) is 0 Å². The number of methoxy groups -OCH3 is 1. The summed E-state index contributed by atoms with van der Waals surface area (Å²) < 4.78 is 29.6. The Morgan fingerprint density at radius 1 is 1.06 bits per heavy atom. The van der Waals surface area contributed by atoms with E-state index in [-0.39, 0.29) is 37.7 Å². The number of fused-ring (bicyclic) bond motifs is 1. The number of pyridine rings is 1. The third kappa shape index (κ3) is 8.02. The quantitative estimate of drug-likeness (QED) is 0.113. The van der Waals surface area contributed by atoms with Crippen molar-refractivity contribution in [1.29, 1.82) is 5.26 Å². The highest BCUT2D eigenvalue weighted by molar-refractivity contribution is 6.32. The van der Waals surface area contributed by atoms with E-state index in [1.807, 2.05) is 49.4 Å². The molecule has 0 radical (unpaired) electrons. The smallest absolute Gasteiger partial charge is 0.323 e. The maximum atomic E-state index is 12.6. The highest BCUT2D eigenvalue weighted by Crippen LogP contribution is 2.39. The number of hydrogen-bond donors (Lipinski definition) is 0. The van der Waals surface area contributed by atoms with Crippen LogP contribution in [0.3, 0.4) is 0 Å². The summed E-state index contributed by atoms with van der Waals surface area (Å²) in [7, 11) is 1.41. The average Bonchev–Trinajstić information content (AvgIpc) is 3.14. The van der Waals surface area contributed by atoms with Gasteiger partial charge in [-0.3, -0.25) is 14.7 Å². The van der Waals surface area contributed by atoms with Gasteiger partial charge in [0.15, 0.2) is 11.5 Å². The van der Waals surface area contributed by atoms with Crippen LogP contribution in [0.4, 0.5) is 0 Å². The second kappa shape index (κ2) is 16.1. The minimum atomic E-state index is -0.352. The van der Waals surface area contributed by atoms with Crippen molar-refractivity contribution in [2.24, 2.45) is 0 Å². The lowest BCUT2D eigenvalue weighted by molar-refractivity contribution is -0.148. The van der Waals surface area contributed by atoms with E-state index in [0.29, 0.717) is 46.7 Å². The fourth-order valence-corrected chi connectivity index (χ4v) is 6.59. The number of esters is 1. The lowest BCUT2D eigenvalue weighted by Gasteiger charge is -2.34. The van der Waals surface area contributed by atoms with Crippen LogP contribution in [-0.2, 0) is 34.1 Å². The molecule has 3 aromatic carbocycles. The number of likely N-dealkylation sites (tertiary alicyclic amines) is 1. The van der Waals surface area contributed by atoms with Gasteiger partial charge >= 0.3 is 5.97 Å². The van der Waals surface area contributed by atoms with Crippen molar-refractivity contribution in [3.63, 3.8) is 0 Å². The number of halogens is 1. The number of carbonyl (C=O) groups excluding carboxylic acids is 2. The second-order valence-electron chi connectivity index (χ2n) is 12.4. The van der Waals surface area contributed by atoms with Crippen LogP contribution in [0.1, 0.15) is 53.5 Å². The minimum Gasteiger partial charge on any atom is -0.488 e. The van der Waals surface area contributed by atoms with Gasteiger partial charge in [0, 0.05) is 42.6 Å². The molecule has 0 N–H and O–H groups in total. The van der Waals surface area contributed by atoms with E-state index in [1.54, 1.807) is 18.3 Å². The molecule has 0 spiro atoms. The van der Waals surface area contributed by atoms with Crippen LogP contribution in [0.5, 0.6) is 23.0 Å². The Balaban J connectivity index is 1.24. The van der Waals surface area contributed by atoms with Gasteiger partial charge in [-0.1, -0.05) is 42.3 Å². The van der Waals surface area contributed by atoms with E-state index in [9.17, 15) is 14.9 Å². The summed E-state index contributed by atoms with van der Waals surface area (Å²) in [5, 5.41) is 9.75. The van der Waals surface area contributed by atoms with E-state index in [1.165, 1.54) is 13.3 Å². The number of nitrogens with zero attached hydrogens (tertiary/aromatic N) is 3. The van der Waals surface area contributed by atoms with Crippen LogP contribution in [0, 0.1) is 18.3 Å². The molecule has 258 valence electrons. The zero-order valence-corrected chi connectivity index (χ0v) is 28.8. The van der Waals surface area contributed by atoms with Gasteiger partial charge in [-0.2, -0.15) is 5.26 Å². The monoisotopic (exact) mass is 695 g/mol. The highest BCUT2D eigenvalue weighted by atomic mass is 35.5. The zero-order chi connectivity index (χ0) is 35.0. The van der Waals surface area contributed by atoms with Gasteiger partial charge in [0.2, 0.25) is 0 Å². The number of hydrogen-bond acceptors (Lipinski definition) is 10. The Bertz CT molecular complexity index is 1910. The predicted octanol–water partition coefficient (Wildman–Crippen LogP) is 7.00. The summed E-state index contributed by atoms with van der Waals surface area (Å²) in [6.07, 6.45) is 6.60. The van der Waals surface area contributed by atoms with Crippen molar-refractivity contribution in [2.45, 2.75) is 64.5 Å². The van der Waals surface area contributed by atoms with Crippen LogP contribution in [0.2, 0.25) is 5.02 Å². The topological polar surface area (TPSA) is 120 Å². The SMILES string of the molecule is COC(=O)[C@@H]1CCCCN1Cc1cc(Cl)c(OCc2cccc(-c3ccc4c(c3)OC(CC=O)CO4)c2C)cc1OCc1cncc(C#N)c1. The predicted molar refractivity (Wildman–Crippen MR) is 186 cm³/mol. The van der Waals surface area contributed by atoms with Gasteiger partial charge < -0.3 is 28.5 Å². The molecule has 0 saturated carbocycles. The first-order valence-electron chi connectivity index (χ1n) is 16.6. The third-order valence-electron chi connectivity index (χ3n) is 9.06. The molecule has 11 heteroatoms. The Kier molecular flexibility index (Phi) is 11.2. The molecule has 1 saturated heterocycles. The lowest BCUT2D eigenvalue weighted by Crippen LogP contribution is -2.44. The summed E-state index contributed by atoms with van der Waals surface area (Å²) in [5.41, 5.74) is 5.94. The van der Waals surface area contributed by atoms with Gasteiger partial charge in [0.25, 0.3) is 0 Å². The molecular formula is C39H38ClN3O7. The van der Waals surface area contributed by atoms with E-state index in [4.69, 9.17) is 35.3 Å². The molecule has 50 heavy (non-hydrogen) atoms. The first-order valence-corrected chi connectivity index (χ1v) is 16.9. The third-order valence-corrected chi connectivity index (χ3v) is 9.35. The number of ether oxygens (including phenoxy) is 5. The zero-order valence-electron chi connectivity index (χ0n) is 28.0. The van der Waals surface area contributed by atoms with Gasteiger partial charge in [-0.25, -0.2) is 0 Å². The summed E-state index contributed by atoms with van der Waals surface area (Å²) in [4.78, 5) is 29.9. The largest absolute Gasteiger partial charge is 0.488 e.